The minimum atomic E-state index is -1.05. The van der Waals surface area contributed by atoms with Gasteiger partial charge in [0, 0.05) is 18.6 Å². The predicted octanol–water partition coefficient (Wildman–Crippen LogP) is 2.84. The molecule has 0 saturated heterocycles. The summed E-state index contributed by atoms with van der Waals surface area (Å²) in [5.41, 5.74) is 1.57. The number of ether oxygens (including phenoxy) is 2. The van der Waals surface area contributed by atoms with Crippen LogP contribution in [0.3, 0.4) is 0 Å². The van der Waals surface area contributed by atoms with E-state index in [1.807, 2.05) is 18.2 Å². The highest BCUT2D eigenvalue weighted by molar-refractivity contribution is 8.13. The van der Waals surface area contributed by atoms with Crippen LogP contribution in [0, 0.1) is 5.92 Å². The van der Waals surface area contributed by atoms with Crippen LogP contribution in [-0.4, -0.2) is 41.1 Å². The van der Waals surface area contributed by atoms with Crippen molar-refractivity contribution in [3.05, 3.63) is 59.7 Å². The molecule has 1 aliphatic rings. The van der Waals surface area contributed by atoms with E-state index < -0.39 is 17.9 Å². The minimum Gasteiger partial charge on any atom is -0.480 e. The summed E-state index contributed by atoms with van der Waals surface area (Å²) in [4.78, 5) is 36.1. The number of carboxylic acids is 1. The largest absolute Gasteiger partial charge is 0.480 e. The highest BCUT2D eigenvalue weighted by atomic mass is 32.2. The Morgan fingerprint density at radius 1 is 1.10 bits per heavy atom. The predicted molar refractivity (Wildman–Crippen MR) is 113 cm³/mol. The maximum Gasteiger partial charge on any atom is 0.317 e. The summed E-state index contributed by atoms with van der Waals surface area (Å²) in [6.07, 6.45) is 0.397. The van der Waals surface area contributed by atoms with Gasteiger partial charge >= 0.3 is 5.97 Å². The van der Waals surface area contributed by atoms with Crippen LogP contribution in [0.25, 0.3) is 0 Å². The Hall–Kier alpha value is -2.84. The zero-order valence-corrected chi connectivity index (χ0v) is 17.3. The van der Waals surface area contributed by atoms with Crippen LogP contribution in [0.2, 0.25) is 0 Å². The number of ketones is 1. The molecule has 1 unspecified atom stereocenters. The maximum atomic E-state index is 13.5. The van der Waals surface area contributed by atoms with Crippen molar-refractivity contribution < 1.29 is 29.0 Å². The number of rotatable bonds is 10. The first-order chi connectivity index (χ1) is 14.4. The van der Waals surface area contributed by atoms with E-state index in [-0.39, 0.29) is 24.2 Å². The van der Waals surface area contributed by atoms with Crippen LogP contribution in [-0.2, 0) is 20.8 Å². The normalized spacial score (nSPS) is 14.2. The molecule has 7 nitrogen and oxygen atoms in total. The molecule has 0 fully saturated rings. The number of benzene rings is 2. The lowest BCUT2D eigenvalue weighted by Gasteiger charge is -2.23. The van der Waals surface area contributed by atoms with E-state index in [0.717, 1.165) is 17.3 Å². The average molecular weight is 429 g/mol. The molecule has 2 N–H and O–H groups in total. The fourth-order valence-electron chi connectivity index (χ4n) is 3.27. The molecule has 0 bridgehead atoms. The van der Waals surface area contributed by atoms with Gasteiger partial charge in [-0.2, -0.15) is 0 Å². The number of thioether (sulfide) groups is 1. The quantitative estimate of drug-likeness (QED) is 0.595. The molecule has 1 heterocycles. The third-order valence-corrected chi connectivity index (χ3v) is 5.66. The van der Waals surface area contributed by atoms with Crippen molar-refractivity contribution in [1.82, 2.24) is 5.32 Å². The van der Waals surface area contributed by atoms with E-state index in [2.05, 4.69) is 5.32 Å². The van der Waals surface area contributed by atoms with Crippen LogP contribution >= 0.6 is 11.8 Å². The fourth-order valence-corrected chi connectivity index (χ4v) is 3.98. The highest BCUT2D eigenvalue weighted by Gasteiger charge is 2.29. The molecule has 3 rings (SSSR count). The molecule has 2 aromatic carbocycles. The molecule has 0 aliphatic carbocycles. The van der Waals surface area contributed by atoms with Gasteiger partial charge in [-0.05, 0) is 29.7 Å². The second kappa shape index (κ2) is 10.3. The van der Waals surface area contributed by atoms with Crippen molar-refractivity contribution in [2.75, 3.05) is 19.1 Å². The number of nitrogens with one attached hydrogen (secondary N) is 1. The number of carboxylic acid groups (broad SMARTS) is 1. The van der Waals surface area contributed by atoms with E-state index in [0.29, 0.717) is 29.2 Å². The molecule has 0 radical (unpaired) electrons. The van der Waals surface area contributed by atoms with E-state index in [9.17, 15) is 14.4 Å². The van der Waals surface area contributed by atoms with Gasteiger partial charge < -0.3 is 14.6 Å². The zero-order chi connectivity index (χ0) is 21.5. The molecule has 2 aromatic rings. The van der Waals surface area contributed by atoms with Gasteiger partial charge in [0.15, 0.2) is 22.4 Å². The molecule has 2 atom stereocenters. The minimum absolute atomic E-state index is 0.0757. The zero-order valence-electron chi connectivity index (χ0n) is 16.5. The van der Waals surface area contributed by atoms with Gasteiger partial charge in [-0.3, -0.25) is 19.7 Å². The van der Waals surface area contributed by atoms with Gasteiger partial charge in [0.1, 0.15) is 0 Å². The van der Waals surface area contributed by atoms with Gasteiger partial charge in [0.05, 0.1) is 12.6 Å². The highest BCUT2D eigenvalue weighted by Crippen LogP contribution is 2.34. The van der Waals surface area contributed by atoms with Crippen molar-refractivity contribution in [1.29, 1.82) is 0 Å². The average Bonchev–Trinajstić information content (AvgIpc) is 3.19. The molecule has 0 amide bonds. The Balaban J connectivity index is 1.84. The Morgan fingerprint density at radius 3 is 2.53 bits per heavy atom. The molecular weight excluding hydrogens is 406 g/mol. The number of aliphatic carboxylic acids is 1. The SMILES string of the molecule is CC(=O)SC[C@@H](Cc1ccc2c(c1)OCO2)C(=O)C(NCC(=O)O)c1ccccc1. The van der Waals surface area contributed by atoms with Crippen LogP contribution in [0.5, 0.6) is 11.5 Å². The van der Waals surface area contributed by atoms with Crippen molar-refractivity contribution >= 4 is 28.6 Å². The summed E-state index contributed by atoms with van der Waals surface area (Å²) >= 11 is 1.09. The number of carbonyl (C=O) groups is 3. The number of fused-ring (bicyclic) bond motifs is 1. The van der Waals surface area contributed by atoms with Crippen molar-refractivity contribution in [3.63, 3.8) is 0 Å². The monoisotopic (exact) mass is 429 g/mol. The number of hydrogen-bond donors (Lipinski definition) is 2. The van der Waals surface area contributed by atoms with Crippen LogP contribution < -0.4 is 14.8 Å². The first-order valence-electron chi connectivity index (χ1n) is 9.49. The molecule has 1 aliphatic heterocycles. The summed E-state index contributed by atoms with van der Waals surface area (Å²) in [5, 5.41) is 11.8. The fraction of sp³-hybridized carbons (Fsp3) is 0.318. The first kappa shape index (κ1) is 21.9. The van der Waals surface area contributed by atoms with E-state index in [4.69, 9.17) is 14.6 Å². The van der Waals surface area contributed by atoms with Crippen molar-refractivity contribution in [2.45, 2.75) is 19.4 Å². The summed E-state index contributed by atoms with van der Waals surface area (Å²) in [5.74, 6) is -0.110. The second-order valence-corrected chi connectivity index (χ2v) is 8.11. The number of hydrogen-bond acceptors (Lipinski definition) is 7. The van der Waals surface area contributed by atoms with Crippen LogP contribution in [0.1, 0.15) is 24.1 Å². The van der Waals surface area contributed by atoms with Gasteiger partial charge in [0.2, 0.25) is 6.79 Å². The Labute approximate surface area is 178 Å². The second-order valence-electron chi connectivity index (χ2n) is 6.91. The van der Waals surface area contributed by atoms with E-state index in [1.165, 1.54) is 6.92 Å². The number of Topliss-reactive ketones (excluding diaryl/α,β-unsaturated/α-hetero) is 1. The van der Waals surface area contributed by atoms with Gasteiger partial charge in [0.25, 0.3) is 0 Å². The Morgan fingerprint density at radius 2 is 1.83 bits per heavy atom. The summed E-state index contributed by atoms with van der Waals surface area (Å²) in [7, 11) is 0. The third-order valence-electron chi connectivity index (χ3n) is 4.68. The van der Waals surface area contributed by atoms with Gasteiger partial charge in [-0.15, -0.1) is 0 Å². The molecule has 0 aromatic heterocycles. The topological polar surface area (TPSA) is 102 Å². The molecule has 8 heteroatoms. The lowest BCUT2D eigenvalue weighted by Crippen LogP contribution is -2.37. The van der Waals surface area contributed by atoms with Crippen molar-refractivity contribution in [2.24, 2.45) is 5.92 Å². The van der Waals surface area contributed by atoms with Gasteiger partial charge in [-0.25, -0.2) is 0 Å². The number of carbonyl (C=O) groups excluding carboxylic acids is 2. The van der Waals surface area contributed by atoms with Crippen LogP contribution in [0.4, 0.5) is 0 Å². The standard InChI is InChI=1S/C22H23NO6S/c1-14(24)30-12-17(9-15-7-8-18-19(10-15)29-13-28-18)22(27)21(23-11-20(25)26)16-5-3-2-4-6-16/h2-8,10,17,21,23H,9,11-13H2,1H3,(H,25,26)/t17-,21?/m1/s1. The summed E-state index contributed by atoms with van der Waals surface area (Å²) in [6, 6.07) is 13.7. The molecular formula is C22H23NO6S. The summed E-state index contributed by atoms with van der Waals surface area (Å²) in [6.45, 7) is 1.28. The molecule has 0 saturated carbocycles. The maximum absolute atomic E-state index is 13.5. The summed E-state index contributed by atoms with van der Waals surface area (Å²) < 4.78 is 10.7. The first-order valence-corrected chi connectivity index (χ1v) is 10.5. The Kier molecular flexibility index (Phi) is 7.48. The molecule has 0 spiro atoms. The lowest BCUT2D eigenvalue weighted by atomic mass is 9.89. The lowest BCUT2D eigenvalue weighted by molar-refractivity contribution is -0.136. The smallest absolute Gasteiger partial charge is 0.317 e. The van der Waals surface area contributed by atoms with Crippen molar-refractivity contribution in [3.8, 4) is 11.5 Å². The van der Waals surface area contributed by atoms with E-state index in [1.54, 1.807) is 30.3 Å². The Bertz CT molecular complexity index is 917. The van der Waals surface area contributed by atoms with E-state index >= 15 is 0 Å². The van der Waals surface area contributed by atoms with Crippen LogP contribution in [0.15, 0.2) is 48.5 Å². The van der Waals surface area contributed by atoms with Gasteiger partial charge in [-0.1, -0.05) is 48.2 Å². The molecule has 158 valence electrons. The third kappa shape index (κ3) is 5.84. The molecule has 30 heavy (non-hydrogen) atoms.